The molecule has 3 aromatic rings. The van der Waals surface area contributed by atoms with Gasteiger partial charge in [-0.25, -0.2) is 9.07 Å². The minimum absolute atomic E-state index is 0.119. The van der Waals surface area contributed by atoms with E-state index in [4.69, 9.17) is 4.74 Å². The van der Waals surface area contributed by atoms with E-state index in [2.05, 4.69) is 10.3 Å². The van der Waals surface area contributed by atoms with Crippen LogP contribution >= 0.6 is 0 Å². The molecule has 0 unspecified atom stereocenters. The number of halogens is 1. The number of nitrogens with zero attached hydrogens (tertiary/aromatic N) is 3. The molecule has 2 aromatic carbocycles. The monoisotopic (exact) mass is 285 g/mol. The van der Waals surface area contributed by atoms with E-state index in [1.54, 1.807) is 42.6 Å². The highest BCUT2D eigenvalue weighted by molar-refractivity contribution is 5.44. The molecule has 0 bridgehead atoms. The van der Waals surface area contributed by atoms with E-state index in [1.807, 2.05) is 0 Å². The van der Waals surface area contributed by atoms with Gasteiger partial charge in [-0.05, 0) is 36.4 Å². The molecule has 21 heavy (non-hydrogen) atoms. The molecular weight excluding hydrogens is 273 g/mol. The maximum absolute atomic E-state index is 12.8. The summed E-state index contributed by atoms with van der Waals surface area (Å²) in [6, 6.07) is 12.6. The standard InChI is InChI=1S/C15H12FN3O2/c16-11-5-7-13(8-6-11)21-10-12-9-19(18-17-12)14-3-1-2-4-15(14)20/h1-9,20H,10H2. The van der Waals surface area contributed by atoms with E-state index in [9.17, 15) is 9.50 Å². The van der Waals surface area contributed by atoms with Crippen molar-refractivity contribution in [3.63, 3.8) is 0 Å². The SMILES string of the molecule is Oc1ccccc1-n1cc(COc2ccc(F)cc2)nn1. The number of para-hydroxylation sites is 2. The number of rotatable bonds is 4. The van der Waals surface area contributed by atoms with E-state index < -0.39 is 0 Å². The van der Waals surface area contributed by atoms with E-state index in [0.29, 0.717) is 17.1 Å². The minimum Gasteiger partial charge on any atom is -0.506 e. The first-order valence-corrected chi connectivity index (χ1v) is 6.30. The first kappa shape index (κ1) is 13.1. The van der Waals surface area contributed by atoms with Crippen molar-refractivity contribution >= 4 is 0 Å². The summed E-state index contributed by atoms with van der Waals surface area (Å²) in [4.78, 5) is 0. The van der Waals surface area contributed by atoms with Gasteiger partial charge in [-0.1, -0.05) is 17.3 Å². The summed E-state index contributed by atoms with van der Waals surface area (Å²) in [6.45, 7) is 0.208. The zero-order valence-electron chi connectivity index (χ0n) is 11.0. The summed E-state index contributed by atoms with van der Waals surface area (Å²) in [5, 5.41) is 17.7. The van der Waals surface area contributed by atoms with Crippen molar-refractivity contribution in [3.8, 4) is 17.2 Å². The second-order valence-corrected chi connectivity index (χ2v) is 4.39. The Labute approximate surface area is 120 Å². The third kappa shape index (κ3) is 3.00. The molecule has 3 rings (SSSR count). The van der Waals surface area contributed by atoms with Crippen molar-refractivity contribution in [2.75, 3.05) is 0 Å². The van der Waals surface area contributed by atoms with Gasteiger partial charge in [0, 0.05) is 0 Å². The van der Waals surface area contributed by atoms with E-state index in [-0.39, 0.29) is 18.2 Å². The Morgan fingerprint density at radius 2 is 1.86 bits per heavy atom. The largest absolute Gasteiger partial charge is 0.506 e. The molecule has 0 saturated carbocycles. The fourth-order valence-corrected chi connectivity index (χ4v) is 1.83. The lowest BCUT2D eigenvalue weighted by molar-refractivity contribution is 0.300. The molecule has 0 saturated heterocycles. The molecule has 0 atom stereocenters. The highest BCUT2D eigenvalue weighted by Crippen LogP contribution is 2.20. The number of aromatic nitrogens is 3. The smallest absolute Gasteiger partial charge is 0.141 e. The van der Waals surface area contributed by atoms with Gasteiger partial charge in [-0.15, -0.1) is 5.10 Å². The molecule has 0 amide bonds. The molecule has 0 spiro atoms. The van der Waals surface area contributed by atoms with Crippen molar-refractivity contribution < 1.29 is 14.2 Å². The van der Waals surface area contributed by atoms with Gasteiger partial charge in [0.1, 0.15) is 35.3 Å². The van der Waals surface area contributed by atoms with Crippen LogP contribution in [0.25, 0.3) is 5.69 Å². The molecule has 1 heterocycles. The number of benzene rings is 2. The lowest BCUT2D eigenvalue weighted by Crippen LogP contribution is -1.96. The van der Waals surface area contributed by atoms with Gasteiger partial charge in [0.05, 0.1) is 6.20 Å². The predicted molar refractivity (Wildman–Crippen MR) is 73.8 cm³/mol. The molecule has 5 nitrogen and oxygen atoms in total. The Hall–Kier alpha value is -2.89. The fraction of sp³-hybridized carbons (Fsp3) is 0.0667. The summed E-state index contributed by atoms with van der Waals surface area (Å²) < 4.78 is 19.7. The lowest BCUT2D eigenvalue weighted by Gasteiger charge is -2.03. The Morgan fingerprint density at radius 1 is 1.10 bits per heavy atom. The molecule has 1 aromatic heterocycles. The van der Waals surface area contributed by atoms with Gasteiger partial charge in [0.25, 0.3) is 0 Å². The number of phenols is 1. The quantitative estimate of drug-likeness (QED) is 0.800. The molecule has 0 fully saturated rings. The van der Waals surface area contributed by atoms with E-state index in [0.717, 1.165) is 0 Å². The Kier molecular flexibility index (Phi) is 3.51. The molecule has 0 aliphatic carbocycles. The van der Waals surface area contributed by atoms with Gasteiger partial charge >= 0.3 is 0 Å². The predicted octanol–water partition coefficient (Wildman–Crippen LogP) is 2.69. The average molecular weight is 285 g/mol. The highest BCUT2D eigenvalue weighted by Gasteiger charge is 2.07. The van der Waals surface area contributed by atoms with Crippen LogP contribution in [0.1, 0.15) is 5.69 Å². The number of hydrogen-bond acceptors (Lipinski definition) is 4. The number of phenolic OH excluding ortho intramolecular Hbond substituents is 1. The first-order chi connectivity index (χ1) is 10.2. The molecule has 6 heteroatoms. The maximum Gasteiger partial charge on any atom is 0.141 e. The third-order valence-electron chi connectivity index (χ3n) is 2.87. The molecule has 0 radical (unpaired) electrons. The minimum atomic E-state index is -0.312. The fourth-order valence-electron chi connectivity index (χ4n) is 1.83. The topological polar surface area (TPSA) is 60.2 Å². The molecule has 0 aliphatic rings. The summed E-state index contributed by atoms with van der Waals surface area (Å²) in [6.07, 6.45) is 1.67. The van der Waals surface area contributed by atoms with Crippen LogP contribution in [0.4, 0.5) is 4.39 Å². The second kappa shape index (κ2) is 5.62. The lowest BCUT2D eigenvalue weighted by atomic mass is 10.3. The van der Waals surface area contributed by atoms with Gasteiger partial charge in [-0.2, -0.15) is 0 Å². The number of hydrogen-bond donors (Lipinski definition) is 1. The van der Waals surface area contributed by atoms with Gasteiger partial charge in [-0.3, -0.25) is 0 Å². The highest BCUT2D eigenvalue weighted by atomic mass is 19.1. The first-order valence-electron chi connectivity index (χ1n) is 6.30. The number of aromatic hydroxyl groups is 1. The molecule has 0 aliphatic heterocycles. The number of ether oxygens (including phenoxy) is 1. The average Bonchev–Trinajstić information content (AvgIpc) is 2.96. The maximum atomic E-state index is 12.8. The van der Waals surface area contributed by atoms with Crippen LogP contribution in [0.2, 0.25) is 0 Å². The molecular formula is C15H12FN3O2. The van der Waals surface area contributed by atoms with Crippen LogP contribution in [-0.4, -0.2) is 20.1 Å². The normalized spacial score (nSPS) is 10.5. The zero-order chi connectivity index (χ0) is 14.7. The van der Waals surface area contributed by atoms with E-state index >= 15 is 0 Å². The van der Waals surface area contributed by atoms with Crippen LogP contribution < -0.4 is 4.74 Å². The molecule has 106 valence electrons. The van der Waals surface area contributed by atoms with Crippen molar-refractivity contribution in [3.05, 3.63) is 66.2 Å². The van der Waals surface area contributed by atoms with Gasteiger partial charge in [0.15, 0.2) is 0 Å². The summed E-state index contributed by atoms with van der Waals surface area (Å²) in [5.41, 5.74) is 1.14. The Balaban J connectivity index is 1.71. The summed E-state index contributed by atoms with van der Waals surface area (Å²) in [5.74, 6) is 0.356. The summed E-state index contributed by atoms with van der Waals surface area (Å²) in [7, 11) is 0. The van der Waals surface area contributed by atoms with Crippen LogP contribution in [-0.2, 0) is 6.61 Å². The Bertz CT molecular complexity index is 741. The Morgan fingerprint density at radius 3 is 2.62 bits per heavy atom. The van der Waals surface area contributed by atoms with E-state index in [1.165, 1.54) is 16.8 Å². The van der Waals surface area contributed by atoms with Crippen LogP contribution in [0, 0.1) is 5.82 Å². The van der Waals surface area contributed by atoms with Gasteiger partial charge < -0.3 is 9.84 Å². The summed E-state index contributed by atoms with van der Waals surface area (Å²) >= 11 is 0. The van der Waals surface area contributed by atoms with Crippen LogP contribution in [0.15, 0.2) is 54.7 Å². The van der Waals surface area contributed by atoms with Crippen LogP contribution in [0.3, 0.4) is 0 Å². The zero-order valence-corrected chi connectivity index (χ0v) is 11.0. The van der Waals surface area contributed by atoms with Crippen molar-refractivity contribution in [1.29, 1.82) is 0 Å². The molecule has 1 N–H and O–H groups in total. The van der Waals surface area contributed by atoms with Crippen molar-refractivity contribution in [2.45, 2.75) is 6.61 Å². The second-order valence-electron chi connectivity index (χ2n) is 4.39. The third-order valence-corrected chi connectivity index (χ3v) is 2.87. The van der Waals surface area contributed by atoms with Crippen molar-refractivity contribution in [1.82, 2.24) is 15.0 Å². The van der Waals surface area contributed by atoms with Crippen LogP contribution in [0.5, 0.6) is 11.5 Å². The van der Waals surface area contributed by atoms with Crippen molar-refractivity contribution in [2.24, 2.45) is 0 Å². The van der Waals surface area contributed by atoms with Gasteiger partial charge in [0.2, 0.25) is 0 Å².